The minimum Gasteiger partial charge on any atom is -0.508 e. The van der Waals surface area contributed by atoms with Gasteiger partial charge in [-0.2, -0.15) is 0 Å². The third kappa shape index (κ3) is 3.38. The maximum absolute atomic E-state index is 10.2. The molecule has 6 heteroatoms. The van der Waals surface area contributed by atoms with Gasteiger partial charge in [-0.15, -0.1) is 0 Å². The normalized spacial score (nSPS) is 23.8. The lowest BCUT2D eigenvalue weighted by atomic mass is 9.93. The van der Waals surface area contributed by atoms with Crippen LogP contribution in [0, 0.1) is 0 Å². The maximum Gasteiger partial charge on any atom is 0.184 e. The molecule has 5 nitrogen and oxygen atoms in total. The molecule has 1 fully saturated rings. The maximum atomic E-state index is 10.2. The fourth-order valence-corrected chi connectivity index (χ4v) is 5.20. The second-order valence-electron chi connectivity index (χ2n) is 7.74. The first-order valence-corrected chi connectivity index (χ1v) is 10.7. The van der Waals surface area contributed by atoms with E-state index in [0.29, 0.717) is 0 Å². The summed E-state index contributed by atoms with van der Waals surface area (Å²) in [6.45, 7) is 0. The van der Waals surface area contributed by atoms with E-state index in [-0.39, 0.29) is 23.9 Å². The molecule has 0 spiro atoms. The van der Waals surface area contributed by atoms with E-state index in [2.05, 4.69) is 28.5 Å². The van der Waals surface area contributed by atoms with E-state index in [9.17, 15) is 10.2 Å². The van der Waals surface area contributed by atoms with Crippen molar-refractivity contribution in [2.75, 3.05) is 5.32 Å². The van der Waals surface area contributed by atoms with Crippen LogP contribution in [0.25, 0.3) is 10.2 Å². The first kappa shape index (κ1) is 17.6. The van der Waals surface area contributed by atoms with Gasteiger partial charge in [0.15, 0.2) is 5.13 Å². The molecule has 28 heavy (non-hydrogen) atoms. The predicted octanol–water partition coefficient (Wildman–Crippen LogP) is 4.43. The van der Waals surface area contributed by atoms with Crippen LogP contribution in [0.3, 0.4) is 0 Å². The zero-order valence-electron chi connectivity index (χ0n) is 15.5. The number of phenolic OH excluding ortho intramolecular Hbond substituents is 1. The largest absolute Gasteiger partial charge is 0.508 e. The number of benzene rings is 2. The number of nitrogens with one attached hydrogen (secondary N) is 1. The topological polar surface area (TPSA) is 77.7 Å². The molecule has 2 heterocycles. The first-order valence-electron chi connectivity index (χ1n) is 9.86. The number of anilines is 1. The standard InChI is InChI=1S/C22H23N3O2S/c26-15-6-7-16-14(11-15)12-23-19(16)9-13-5-8-18-21(10-13)28-22(25-18)24-17-3-1-2-4-20(17)27/h5-8,10-12,17,19-20,26-27H,1-4,9H2,(H,24,25)/t17-,19?,20-/m1/s1. The molecule has 0 amide bonds. The minimum absolute atomic E-state index is 0.0935. The third-order valence-corrected chi connectivity index (χ3v) is 6.69. The second kappa shape index (κ2) is 7.18. The number of aliphatic hydroxyl groups excluding tert-OH is 1. The molecule has 3 aromatic rings. The highest BCUT2D eigenvalue weighted by Crippen LogP contribution is 2.34. The Labute approximate surface area is 167 Å². The molecule has 1 unspecified atom stereocenters. The Morgan fingerprint density at radius 2 is 2.00 bits per heavy atom. The number of aliphatic imine (C=N–C) groups is 1. The number of aliphatic hydroxyl groups is 1. The molecule has 5 rings (SSSR count). The summed E-state index contributed by atoms with van der Waals surface area (Å²) in [6.07, 6.45) is 6.52. The molecular weight excluding hydrogens is 370 g/mol. The average molecular weight is 394 g/mol. The Hall–Kier alpha value is -2.44. The van der Waals surface area contributed by atoms with E-state index in [1.807, 2.05) is 12.3 Å². The lowest BCUT2D eigenvalue weighted by Crippen LogP contribution is -2.36. The molecule has 144 valence electrons. The van der Waals surface area contributed by atoms with Crippen LogP contribution < -0.4 is 5.32 Å². The molecule has 1 aliphatic heterocycles. The van der Waals surface area contributed by atoms with E-state index in [1.54, 1.807) is 23.5 Å². The van der Waals surface area contributed by atoms with Gasteiger partial charge in [-0.1, -0.05) is 36.3 Å². The number of hydrogen-bond acceptors (Lipinski definition) is 6. The molecule has 2 aliphatic rings. The highest BCUT2D eigenvalue weighted by molar-refractivity contribution is 7.22. The Balaban J connectivity index is 1.34. The molecule has 1 aromatic heterocycles. The molecular formula is C22H23N3O2S. The highest BCUT2D eigenvalue weighted by atomic mass is 32.1. The lowest BCUT2D eigenvalue weighted by Gasteiger charge is -2.27. The van der Waals surface area contributed by atoms with E-state index in [0.717, 1.165) is 58.6 Å². The Bertz CT molecular complexity index is 1050. The van der Waals surface area contributed by atoms with Gasteiger partial charge in [0.25, 0.3) is 0 Å². The number of nitrogens with zero attached hydrogens (tertiary/aromatic N) is 2. The van der Waals surface area contributed by atoms with Crippen LogP contribution in [0.15, 0.2) is 41.4 Å². The van der Waals surface area contributed by atoms with Gasteiger partial charge in [0, 0.05) is 11.8 Å². The van der Waals surface area contributed by atoms with Crippen LogP contribution in [-0.4, -0.2) is 33.6 Å². The number of fused-ring (bicyclic) bond motifs is 2. The van der Waals surface area contributed by atoms with Crippen molar-refractivity contribution in [3.63, 3.8) is 0 Å². The fourth-order valence-electron chi connectivity index (χ4n) is 4.21. The molecule has 1 saturated carbocycles. The summed E-state index contributed by atoms with van der Waals surface area (Å²) in [5.41, 5.74) is 4.38. The summed E-state index contributed by atoms with van der Waals surface area (Å²) in [4.78, 5) is 9.32. The molecule has 0 bridgehead atoms. The molecule has 3 atom stereocenters. The van der Waals surface area contributed by atoms with Crippen molar-refractivity contribution in [1.82, 2.24) is 4.98 Å². The van der Waals surface area contributed by atoms with Crippen LogP contribution >= 0.6 is 11.3 Å². The van der Waals surface area contributed by atoms with Crippen LogP contribution in [0.2, 0.25) is 0 Å². The van der Waals surface area contributed by atoms with Gasteiger partial charge >= 0.3 is 0 Å². The van der Waals surface area contributed by atoms with Gasteiger partial charge in [-0.25, -0.2) is 4.98 Å². The molecule has 1 aliphatic carbocycles. The van der Waals surface area contributed by atoms with Crippen molar-refractivity contribution in [2.24, 2.45) is 4.99 Å². The summed E-state index contributed by atoms with van der Waals surface area (Å²) in [6, 6.07) is 12.0. The van der Waals surface area contributed by atoms with Crippen molar-refractivity contribution in [1.29, 1.82) is 0 Å². The Morgan fingerprint density at radius 3 is 2.89 bits per heavy atom. The predicted molar refractivity (Wildman–Crippen MR) is 114 cm³/mol. The Morgan fingerprint density at radius 1 is 1.11 bits per heavy atom. The zero-order chi connectivity index (χ0) is 19.1. The lowest BCUT2D eigenvalue weighted by molar-refractivity contribution is 0.116. The monoisotopic (exact) mass is 393 g/mol. The summed E-state index contributed by atoms with van der Waals surface area (Å²) in [7, 11) is 0. The number of phenols is 1. The number of aromatic nitrogens is 1. The third-order valence-electron chi connectivity index (χ3n) is 5.74. The minimum atomic E-state index is -0.281. The van der Waals surface area contributed by atoms with E-state index in [1.165, 1.54) is 5.56 Å². The van der Waals surface area contributed by atoms with Crippen LogP contribution in [0.1, 0.15) is 48.4 Å². The van der Waals surface area contributed by atoms with Gasteiger partial charge in [-0.05, 0) is 54.7 Å². The van der Waals surface area contributed by atoms with Crippen LogP contribution in [-0.2, 0) is 6.42 Å². The van der Waals surface area contributed by atoms with Crippen molar-refractivity contribution in [3.8, 4) is 5.75 Å². The van der Waals surface area contributed by atoms with Crippen molar-refractivity contribution < 1.29 is 10.2 Å². The van der Waals surface area contributed by atoms with Crippen molar-refractivity contribution in [3.05, 3.63) is 53.1 Å². The van der Waals surface area contributed by atoms with Crippen LogP contribution in [0.4, 0.5) is 5.13 Å². The average Bonchev–Trinajstić information content (AvgIpc) is 3.26. The Kier molecular flexibility index (Phi) is 4.53. The smallest absolute Gasteiger partial charge is 0.184 e. The van der Waals surface area contributed by atoms with Gasteiger partial charge < -0.3 is 15.5 Å². The van der Waals surface area contributed by atoms with E-state index in [4.69, 9.17) is 4.98 Å². The van der Waals surface area contributed by atoms with E-state index >= 15 is 0 Å². The van der Waals surface area contributed by atoms with Crippen molar-refractivity contribution in [2.45, 2.75) is 50.3 Å². The quantitative estimate of drug-likeness (QED) is 0.613. The SMILES string of the molecule is Oc1ccc2c(c1)C=NC2Cc1ccc2nc(N[C@@H]3CCCC[C@H]3O)sc2c1. The number of thiazole rings is 1. The summed E-state index contributed by atoms with van der Waals surface area (Å²) in [5, 5.41) is 24.2. The highest BCUT2D eigenvalue weighted by Gasteiger charge is 2.24. The first-order chi connectivity index (χ1) is 13.7. The number of hydrogen-bond donors (Lipinski definition) is 3. The summed E-state index contributed by atoms with van der Waals surface area (Å²) in [5.74, 6) is 0.278. The summed E-state index contributed by atoms with van der Waals surface area (Å²) >= 11 is 1.65. The van der Waals surface area contributed by atoms with Gasteiger partial charge in [0.2, 0.25) is 0 Å². The van der Waals surface area contributed by atoms with Gasteiger partial charge in [0.1, 0.15) is 5.75 Å². The number of aromatic hydroxyl groups is 1. The zero-order valence-corrected chi connectivity index (χ0v) is 16.3. The van der Waals surface area contributed by atoms with Gasteiger partial charge in [-0.3, -0.25) is 4.99 Å². The van der Waals surface area contributed by atoms with Crippen LogP contribution in [0.5, 0.6) is 5.75 Å². The summed E-state index contributed by atoms with van der Waals surface area (Å²) < 4.78 is 1.15. The second-order valence-corrected chi connectivity index (χ2v) is 8.77. The van der Waals surface area contributed by atoms with E-state index < -0.39 is 0 Å². The van der Waals surface area contributed by atoms with Gasteiger partial charge in [0.05, 0.1) is 28.4 Å². The fraction of sp³-hybridized carbons (Fsp3) is 0.364. The molecule has 3 N–H and O–H groups in total. The van der Waals surface area contributed by atoms with Crippen molar-refractivity contribution >= 4 is 32.9 Å². The molecule has 0 radical (unpaired) electrons. The number of rotatable bonds is 4. The molecule has 0 saturated heterocycles. The molecule has 2 aromatic carbocycles.